The second kappa shape index (κ2) is 5.99. The number of hydrogen-bond acceptors (Lipinski definition) is 6. The highest BCUT2D eigenvalue weighted by atomic mass is 16.6. The SMILES string of the molecule is COc1ccc(-n2c(C)c([N+](=O)[O-])c3ccc(O)c(CO)c32)cc1O. The molecule has 0 aliphatic carbocycles. The first-order valence-electron chi connectivity index (χ1n) is 7.39. The normalized spacial score (nSPS) is 11.0. The predicted molar refractivity (Wildman–Crippen MR) is 90.5 cm³/mol. The third-order valence-electron chi connectivity index (χ3n) is 4.18. The quantitative estimate of drug-likeness (QED) is 0.495. The Bertz CT molecular complexity index is 993. The van der Waals surface area contributed by atoms with Crippen molar-refractivity contribution in [3.63, 3.8) is 0 Å². The number of aromatic nitrogens is 1. The number of ether oxygens (including phenoxy) is 1. The van der Waals surface area contributed by atoms with Crippen molar-refractivity contribution in [3.05, 3.63) is 51.7 Å². The van der Waals surface area contributed by atoms with Crippen LogP contribution < -0.4 is 4.74 Å². The summed E-state index contributed by atoms with van der Waals surface area (Å²) in [6, 6.07) is 7.31. The van der Waals surface area contributed by atoms with Crippen molar-refractivity contribution in [2.45, 2.75) is 13.5 Å². The van der Waals surface area contributed by atoms with Crippen LogP contribution in [0.1, 0.15) is 11.3 Å². The van der Waals surface area contributed by atoms with Crippen LogP contribution in [0.3, 0.4) is 0 Å². The molecule has 8 nitrogen and oxygen atoms in total. The molecule has 1 aromatic heterocycles. The minimum absolute atomic E-state index is 0.125. The van der Waals surface area contributed by atoms with E-state index < -0.39 is 11.5 Å². The highest BCUT2D eigenvalue weighted by Gasteiger charge is 2.27. The third kappa shape index (κ3) is 2.43. The third-order valence-corrected chi connectivity index (χ3v) is 4.18. The van der Waals surface area contributed by atoms with Crippen molar-refractivity contribution in [2.24, 2.45) is 0 Å². The van der Waals surface area contributed by atoms with Gasteiger partial charge in [-0.25, -0.2) is 0 Å². The standard InChI is InChI=1S/C17H16N2O6/c1-9-16(19(23)24)11-4-5-13(21)12(8-20)17(11)18(9)10-3-6-15(25-2)14(22)7-10/h3-7,20-22H,8H2,1-2H3. The Labute approximate surface area is 142 Å². The zero-order valence-electron chi connectivity index (χ0n) is 13.6. The number of benzene rings is 2. The molecule has 0 aliphatic heterocycles. The number of methoxy groups -OCH3 is 1. The van der Waals surface area contributed by atoms with Crippen LogP contribution in [0.2, 0.25) is 0 Å². The van der Waals surface area contributed by atoms with Gasteiger partial charge in [-0.3, -0.25) is 10.1 Å². The van der Waals surface area contributed by atoms with Crippen LogP contribution in [0.25, 0.3) is 16.6 Å². The summed E-state index contributed by atoms with van der Waals surface area (Å²) in [6.45, 7) is 1.07. The van der Waals surface area contributed by atoms with Crippen molar-refractivity contribution >= 4 is 16.6 Å². The predicted octanol–water partition coefficient (Wildman–Crippen LogP) is 2.76. The average Bonchev–Trinajstić information content (AvgIpc) is 2.87. The number of phenolic OH excluding ortho intramolecular Hbond substituents is 1. The molecule has 3 aromatic rings. The van der Waals surface area contributed by atoms with Crippen LogP contribution in [0.5, 0.6) is 17.2 Å². The fourth-order valence-electron chi connectivity index (χ4n) is 3.07. The minimum Gasteiger partial charge on any atom is -0.508 e. The van der Waals surface area contributed by atoms with Crippen molar-refractivity contribution in [1.29, 1.82) is 0 Å². The lowest BCUT2D eigenvalue weighted by Crippen LogP contribution is -2.00. The van der Waals surface area contributed by atoms with Gasteiger partial charge in [0, 0.05) is 11.6 Å². The van der Waals surface area contributed by atoms with Crippen LogP contribution in [0.4, 0.5) is 5.69 Å². The molecular formula is C17H16N2O6. The van der Waals surface area contributed by atoms with Gasteiger partial charge < -0.3 is 24.6 Å². The second-order valence-corrected chi connectivity index (χ2v) is 5.50. The van der Waals surface area contributed by atoms with Crippen molar-refractivity contribution < 1.29 is 25.0 Å². The number of hydrogen-bond donors (Lipinski definition) is 3. The van der Waals surface area contributed by atoms with Gasteiger partial charge in [0.15, 0.2) is 11.5 Å². The summed E-state index contributed by atoms with van der Waals surface area (Å²) in [5, 5.41) is 41.6. The smallest absolute Gasteiger partial charge is 0.298 e. The Hall–Kier alpha value is -3.26. The molecule has 8 heteroatoms. The van der Waals surface area contributed by atoms with E-state index in [4.69, 9.17) is 4.74 Å². The van der Waals surface area contributed by atoms with Crippen LogP contribution in [0, 0.1) is 17.0 Å². The van der Waals surface area contributed by atoms with Crippen LogP contribution in [0.15, 0.2) is 30.3 Å². The van der Waals surface area contributed by atoms with Gasteiger partial charge in [-0.1, -0.05) is 0 Å². The molecule has 0 aliphatic rings. The molecular weight excluding hydrogens is 328 g/mol. The average molecular weight is 344 g/mol. The molecule has 0 bridgehead atoms. The molecule has 1 heterocycles. The van der Waals surface area contributed by atoms with Gasteiger partial charge in [-0.05, 0) is 31.2 Å². The lowest BCUT2D eigenvalue weighted by atomic mass is 10.1. The molecule has 3 N–H and O–H groups in total. The Morgan fingerprint density at radius 3 is 2.48 bits per heavy atom. The van der Waals surface area contributed by atoms with E-state index in [1.165, 1.54) is 35.9 Å². The second-order valence-electron chi connectivity index (χ2n) is 5.50. The Morgan fingerprint density at radius 2 is 1.92 bits per heavy atom. The monoisotopic (exact) mass is 344 g/mol. The molecule has 2 aromatic carbocycles. The summed E-state index contributed by atoms with van der Waals surface area (Å²) in [5.41, 5.74) is 1.11. The van der Waals surface area contributed by atoms with E-state index in [2.05, 4.69) is 0 Å². The highest BCUT2D eigenvalue weighted by molar-refractivity contribution is 5.96. The van der Waals surface area contributed by atoms with Crippen LogP contribution in [-0.2, 0) is 6.61 Å². The van der Waals surface area contributed by atoms with Gasteiger partial charge in [0.05, 0.1) is 40.9 Å². The van der Waals surface area contributed by atoms with E-state index in [0.717, 1.165) is 0 Å². The van der Waals surface area contributed by atoms with E-state index in [1.807, 2.05) is 0 Å². The van der Waals surface area contributed by atoms with E-state index in [1.54, 1.807) is 13.0 Å². The molecule has 0 fully saturated rings. The highest BCUT2D eigenvalue weighted by Crippen LogP contribution is 2.40. The zero-order valence-corrected chi connectivity index (χ0v) is 13.6. The molecule has 130 valence electrons. The topological polar surface area (TPSA) is 118 Å². The molecule has 0 unspecified atom stereocenters. The van der Waals surface area contributed by atoms with Crippen molar-refractivity contribution in [3.8, 4) is 22.9 Å². The van der Waals surface area contributed by atoms with Gasteiger partial charge in [0.2, 0.25) is 0 Å². The molecule has 3 rings (SSSR count). The molecule has 0 saturated carbocycles. The number of aliphatic hydroxyl groups is 1. The maximum atomic E-state index is 11.5. The Kier molecular flexibility index (Phi) is 3.97. The van der Waals surface area contributed by atoms with E-state index in [9.17, 15) is 25.4 Å². The number of nitrogens with zero attached hydrogens (tertiary/aromatic N) is 2. The maximum Gasteiger partial charge on any atom is 0.298 e. The molecule has 0 atom stereocenters. The summed E-state index contributed by atoms with van der Waals surface area (Å²) >= 11 is 0. The summed E-state index contributed by atoms with van der Waals surface area (Å²) in [6.07, 6.45) is 0. The van der Waals surface area contributed by atoms with Gasteiger partial charge >= 0.3 is 0 Å². The number of aliphatic hydroxyl groups excluding tert-OH is 1. The van der Waals surface area contributed by atoms with Crippen molar-refractivity contribution in [1.82, 2.24) is 4.57 Å². The van der Waals surface area contributed by atoms with E-state index in [-0.39, 0.29) is 28.5 Å². The summed E-state index contributed by atoms with van der Waals surface area (Å²) in [4.78, 5) is 11.0. The van der Waals surface area contributed by atoms with Gasteiger partial charge in [0.1, 0.15) is 5.75 Å². The lowest BCUT2D eigenvalue weighted by Gasteiger charge is -2.12. The number of phenols is 2. The molecule has 25 heavy (non-hydrogen) atoms. The minimum atomic E-state index is -0.504. The Morgan fingerprint density at radius 1 is 1.20 bits per heavy atom. The summed E-state index contributed by atoms with van der Waals surface area (Å²) in [5.74, 6) is -0.0337. The van der Waals surface area contributed by atoms with Crippen LogP contribution >= 0.6 is 0 Å². The number of aromatic hydroxyl groups is 2. The van der Waals surface area contributed by atoms with E-state index >= 15 is 0 Å². The van der Waals surface area contributed by atoms with Crippen molar-refractivity contribution in [2.75, 3.05) is 7.11 Å². The number of rotatable bonds is 4. The van der Waals surface area contributed by atoms with E-state index in [0.29, 0.717) is 22.3 Å². The molecule has 0 amide bonds. The van der Waals surface area contributed by atoms with Gasteiger partial charge in [0.25, 0.3) is 5.69 Å². The first kappa shape index (κ1) is 16.6. The lowest BCUT2D eigenvalue weighted by molar-refractivity contribution is -0.383. The molecule has 0 radical (unpaired) electrons. The number of nitro groups is 1. The summed E-state index contributed by atoms with van der Waals surface area (Å²) < 4.78 is 6.54. The first-order valence-corrected chi connectivity index (χ1v) is 7.39. The fraction of sp³-hybridized carbons (Fsp3) is 0.176. The van der Waals surface area contributed by atoms with Crippen LogP contribution in [-0.4, -0.2) is 31.9 Å². The largest absolute Gasteiger partial charge is 0.508 e. The summed E-state index contributed by atoms with van der Waals surface area (Å²) in [7, 11) is 1.41. The fourth-order valence-corrected chi connectivity index (χ4v) is 3.07. The van der Waals surface area contributed by atoms with Gasteiger partial charge in [-0.15, -0.1) is 0 Å². The van der Waals surface area contributed by atoms with Gasteiger partial charge in [-0.2, -0.15) is 0 Å². The maximum absolute atomic E-state index is 11.5. The molecule has 0 spiro atoms. The zero-order chi connectivity index (χ0) is 18.3. The molecule has 0 saturated heterocycles. The Balaban J connectivity index is 2.45. The number of fused-ring (bicyclic) bond motifs is 1. The first-order chi connectivity index (χ1) is 11.9.